The van der Waals surface area contributed by atoms with Gasteiger partial charge in [-0.25, -0.2) is 9.78 Å². The van der Waals surface area contributed by atoms with E-state index in [4.69, 9.17) is 4.74 Å². The van der Waals surface area contributed by atoms with Crippen LogP contribution in [0, 0.1) is 0 Å². The molecule has 0 saturated carbocycles. The monoisotopic (exact) mass is 198 g/mol. The molecule has 0 spiro atoms. The third kappa shape index (κ3) is 2.58. The Balaban J connectivity index is 2.36. The average Bonchev–Trinajstić information content (AvgIpc) is 2.59. The van der Waals surface area contributed by atoms with Gasteiger partial charge in [-0.1, -0.05) is 0 Å². The van der Waals surface area contributed by atoms with Crippen molar-refractivity contribution in [2.75, 3.05) is 13.2 Å². The molecule has 0 aromatic carbocycles. The zero-order chi connectivity index (χ0) is 10.4. The predicted molar refractivity (Wildman–Crippen MR) is 45.5 cm³/mol. The van der Waals surface area contributed by atoms with Gasteiger partial charge < -0.3 is 14.0 Å². The number of nitrogens with zero attached hydrogens (tertiary/aromatic N) is 2. The Bertz CT molecular complexity index is 321. The van der Waals surface area contributed by atoms with Crippen LogP contribution in [0.2, 0.25) is 0 Å². The first-order valence-corrected chi connectivity index (χ1v) is 3.95. The second-order valence-electron chi connectivity index (χ2n) is 2.46. The van der Waals surface area contributed by atoms with E-state index in [9.17, 15) is 9.59 Å². The topological polar surface area (TPSA) is 70.4 Å². The maximum absolute atomic E-state index is 11.2. The third-order valence-electron chi connectivity index (χ3n) is 1.51. The van der Waals surface area contributed by atoms with Gasteiger partial charge in [-0.2, -0.15) is 0 Å². The number of aromatic nitrogens is 2. The lowest BCUT2D eigenvalue weighted by Crippen LogP contribution is -2.14. The molecule has 1 heterocycles. The van der Waals surface area contributed by atoms with Gasteiger partial charge in [-0.05, 0) is 0 Å². The van der Waals surface area contributed by atoms with E-state index < -0.39 is 5.97 Å². The predicted octanol–water partition coefficient (Wildman–Crippen LogP) is -0.250. The summed E-state index contributed by atoms with van der Waals surface area (Å²) in [4.78, 5) is 24.8. The van der Waals surface area contributed by atoms with Crippen LogP contribution in [0.4, 0.5) is 0 Å². The number of carbonyl (C=O) groups excluding carboxylic acids is 2. The lowest BCUT2D eigenvalue weighted by atomic mass is 10.6. The molecule has 0 amide bonds. The number of rotatable bonds is 5. The maximum atomic E-state index is 11.2. The number of esters is 1. The Labute approximate surface area is 80.4 Å². The highest BCUT2D eigenvalue weighted by Crippen LogP contribution is 1.96. The van der Waals surface area contributed by atoms with Crippen molar-refractivity contribution in [3.8, 4) is 0 Å². The van der Waals surface area contributed by atoms with E-state index in [0.717, 1.165) is 0 Å². The Morgan fingerprint density at radius 3 is 3.00 bits per heavy atom. The van der Waals surface area contributed by atoms with Crippen LogP contribution in [0.3, 0.4) is 0 Å². The summed E-state index contributed by atoms with van der Waals surface area (Å²) in [7, 11) is 1.69. The van der Waals surface area contributed by atoms with Gasteiger partial charge in [0, 0.05) is 19.4 Å². The standard InChI is InChI=1S/C8H10N2O4/c1-10-3-2-9-7(10)8(12)14-5-4-13-6-11/h2-3,6H,4-5H2,1H3. The molecule has 76 valence electrons. The van der Waals surface area contributed by atoms with E-state index in [0.29, 0.717) is 6.47 Å². The number of ether oxygens (including phenoxy) is 2. The number of hydrogen-bond acceptors (Lipinski definition) is 5. The van der Waals surface area contributed by atoms with Crippen LogP contribution in [-0.2, 0) is 21.3 Å². The second-order valence-corrected chi connectivity index (χ2v) is 2.46. The molecule has 6 heteroatoms. The summed E-state index contributed by atoms with van der Waals surface area (Å²) >= 11 is 0. The van der Waals surface area contributed by atoms with E-state index in [1.807, 2.05) is 0 Å². The molecule has 0 aliphatic carbocycles. The number of aryl methyl sites for hydroxylation is 1. The second kappa shape index (κ2) is 5.00. The molecule has 0 fully saturated rings. The minimum atomic E-state index is -0.535. The summed E-state index contributed by atoms with van der Waals surface area (Å²) in [6.45, 7) is 0.388. The fraction of sp³-hybridized carbons (Fsp3) is 0.375. The highest BCUT2D eigenvalue weighted by atomic mass is 16.6. The molecule has 1 aromatic rings. The van der Waals surface area contributed by atoms with Crippen molar-refractivity contribution in [3.63, 3.8) is 0 Å². The van der Waals surface area contributed by atoms with Crippen LogP contribution in [-0.4, -0.2) is 35.2 Å². The molecule has 0 saturated heterocycles. The van der Waals surface area contributed by atoms with Crippen LogP contribution in [0.25, 0.3) is 0 Å². The molecule has 6 nitrogen and oxygen atoms in total. The first-order valence-electron chi connectivity index (χ1n) is 3.95. The van der Waals surface area contributed by atoms with E-state index in [2.05, 4.69) is 9.72 Å². The van der Waals surface area contributed by atoms with E-state index >= 15 is 0 Å². The van der Waals surface area contributed by atoms with Crippen molar-refractivity contribution in [2.45, 2.75) is 0 Å². The lowest BCUT2D eigenvalue weighted by Gasteiger charge is -2.02. The molecule has 0 aliphatic rings. The fourth-order valence-electron chi connectivity index (χ4n) is 0.857. The quantitative estimate of drug-likeness (QED) is 0.370. The Hall–Kier alpha value is -1.85. The summed E-state index contributed by atoms with van der Waals surface area (Å²) in [6.07, 6.45) is 3.14. The fourth-order valence-corrected chi connectivity index (χ4v) is 0.857. The molecule has 0 N–H and O–H groups in total. The largest absolute Gasteiger partial charge is 0.464 e. The molecule has 1 aromatic heterocycles. The molecular formula is C8H10N2O4. The van der Waals surface area contributed by atoms with Crippen molar-refractivity contribution in [3.05, 3.63) is 18.2 Å². The van der Waals surface area contributed by atoms with Gasteiger partial charge in [-0.15, -0.1) is 0 Å². The highest BCUT2D eigenvalue weighted by Gasteiger charge is 2.11. The number of imidazole rings is 1. The number of hydrogen-bond donors (Lipinski definition) is 0. The smallest absolute Gasteiger partial charge is 0.374 e. The maximum Gasteiger partial charge on any atom is 0.374 e. The van der Waals surface area contributed by atoms with Crippen molar-refractivity contribution < 1.29 is 19.1 Å². The van der Waals surface area contributed by atoms with Crippen LogP contribution >= 0.6 is 0 Å². The first-order chi connectivity index (χ1) is 6.75. The van der Waals surface area contributed by atoms with Gasteiger partial charge in [0.15, 0.2) is 0 Å². The lowest BCUT2D eigenvalue weighted by molar-refractivity contribution is -0.129. The summed E-state index contributed by atoms with van der Waals surface area (Å²) in [5.74, 6) is -0.317. The average molecular weight is 198 g/mol. The van der Waals surface area contributed by atoms with Crippen LogP contribution in [0.1, 0.15) is 10.6 Å². The number of carbonyl (C=O) groups is 2. The summed E-state index contributed by atoms with van der Waals surface area (Å²) in [5.41, 5.74) is 0. The van der Waals surface area contributed by atoms with Crippen LogP contribution < -0.4 is 0 Å². The van der Waals surface area contributed by atoms with E-state index in [1.165, 1.54) is 6.20 Å². The Kier molecular flexibility index (Phi) is 3.66. The zero-order valence-electron chi connectivity index (χ0n) is 7.67. The van der Waals surface area contributed by atoms with Gasteiger partial charge >= 0.3 is 5.97 Å². The SMILES string of the molecule is Cn1ccnc1C(=O)OCCOC=O. The third-order valence-corrected chi connectivity index (χ3v) is 1.51. The molecule has 14 heavy (non-hydrogen) atoms. The van der Waals surface area contributed by atoms with E-state index in [-0.39, 0.29) is 19.0 Å². The molecule has 0 aliphatic heterocycles. The Morgan fingerprint density at radius 1 is 1.64 bits per heavy atom. The van der Waals surface area contributed by atoms with Crippen LogP contribution in [0.5, 0.6) is 0 Å². The van der Waals surface area contributed by atoms with E-state index in [1.54, 1.807) is 17.8 Å². The molecule has 0 bridgehead atoms. The minimum Gasteiger partial charge on any atom is -0.464 e. The minimum absolute atomic E-state index is 0.0322. The Morgan fingerprint density at radius 2 is 2.43 bits per heavy atom. The van der Waals surface area contributed by atoms with Gasteiger partial charge in [0.2, 0.25) is 5.82 Å². The summed E-state index contributed by atoms with van der Waals surface area (Å²) < 4.78 is 10.7. The molecule has 0 atom stereocenters. The van der Waals surface area contributed by atoms with Gasteiger partial charge in [-0.3, -0.25) is 4.79 Å². The van der Waals surface area contributed by atoms with Crippen molar-refractivity contribution in [1.82, 2.24) is 9.55 Å². The molecule has 0 radical (unpaired) electrons. The first kappa shape index (κ1) is 10.2. The zero-order valence-corrected chi connectivity index (χ0v) is 7.67. The van der Waals surface area contributed by atoms with Gasteiger partial charge in [0.05, 0.1) is 0 Å². The van der Waals surface area contributed by atoms with Crippen molar-refractivity contribution in [2.24, 2.45) is 7.05 Å². The van der Waals surface area contributed by atoms with Gasteiger partial charge in [0.1, 0.15) is 13.2 Å². The molecule has 0 unspecified atom stereocenters. The van der Waals surface area contributed by atoms with Crippen LogP contribution in [0.15, 0.2) is 12.4 Å². The normalized spacial score (nSPS) is 9.50. The molecular weight excluding hydrogens is 188 g/mol. The molecule has 1 rings (SSSR count). The summed E-state index contributed by atoms with van der Waals surface area (Å²) in [6, 6.07) is 0. The summed E-state index contributed by atoms with van der Waals surface area (Å²) in [5, 5.41) is 0. The van der Waals surface area contributed by atoms with Crippen molar-refractivity contribution >= 4 is 12.4 Å². The highest BCUT2D eigenvalue weighted by molar-refractivity contribution is 5.85. The van der Waals surface area contributed by atoms with Crippen molar-refractivity contribution in [1.29, 1.82) is 0 Å². The van der Waals surface area contributed by atoms with Gasteiger partial charge in [0.25, 0.3) is 6.47 Å².